The number of para-hydroxylation sites is 1. The molecule has 1 fully saturated rings. The normalized spacial score (nSPS) is 17.6. The van der Waals surface area contributed by atoms with Gasteiger partial charge in [0.25, 0.3) is 5.91 Å². The van der Waals surface area contributed by atoms with Crippen molar-refractivity contribution >= 4 is 33.1 Å². The first-order valence-electron chi connectivity index (χ1n) is 17.1. The summed E-state index contributed by atoms with van der Waals surface area (Å²) in [6, 6.07) is 31.6. The van der Waals surface area contributed by atoms with E-state index >= 15 is 0 Å². The number of nitrogens with one attached hydrogen (secondary N) is 1. The Balaban J connectivity index is 1.17. The highest BCUT2D eigenvalue weighted by Gasteiger charge is 2.42. The zero-order valence-corrected chi connectivity index (χ0v) is 30.5. The predicted octanol–water partition coefficient (Wildman–Crippen LogP) is 6.32. The van der Waals surface area contributed by atoms with Crippen LogP contribution < -0.4 is 14.8 Å². The van der Waals surface area contributed by atoms with Crippen molar-refractivity contribution in [3.63, 3.8) is 0 Å². The number of sulfonamides is 1. The molecule has 0 radical (unpaired) electrons. The van der Waals surface area contributed by atoms with Gasteiger partial charge < -0.3 is 24.4 Å². The van der Waals surface area contributed by atoms with E-state index in [1.54, 1.807) is 23.4 Å². The van der Waals surface area contributed by atoms with Gasteiger partial charge >= 0.3 is 0 Å². The molecule has 0 aliphatic carbocycles. The van der Waals surface area contributed by atoms with Gasteiger partial charge in [0.2, 0.25) is 10.0 Å². The zero-order valence-electron chi connectivity index (χ0n) is 29.0. The van der Waals surface area contributed by atoms with Crippen molar-refractivity contribution in [1.82, 2.24) is 14.5 Å². The summed E-state index contributed by atoms with van der Waals surface area (Å²) < 4.78 is 46.1. The van der Waals surface area contributed by atoms with Gasteiger partial charge in [-0.25, -0.2) is 8.42 Å². The van der Waals surface area contributed by atoms with E-state index in [9.17, 15) is 13.2 Å². The number of rotatable bonds is 15. The van der Waals surface area contributed by atoms with Crippen LogP contribution in [0.3, 0.4) is 0 Å². The van der Waals surface area contributed by atoms with E-state index in [0.29, 0.717) is 49.9 Å². The molecule has 4 aromatic carbocycles. The number of benzene rings is 4. The second-order valence-electron chi connectivity index (χ2n) is 12.9. The number of carbonyl (C=O) groups is 1. The molecule has 2 aliphatic heterocycles. The Labute approximate surface area is 305 Å². The smallest absolute Gasteiger partial charge is 0.251 e. The Morgan fingerprint density at radius 3 is 2.35 bits per heavy atom. The molecule has 0 aromatic heterocycles. The number of methoxy groups -OCH3 is 1. The van der Waals surface area contributed by atoms with Gasteiger partial charge in [0.05, 0.1) is 38.7 Å². The molecular weight excluding hydrogens is 686 g/mol. The number of halogens is 1. The number of piperazine rings is 1. The first kappa shape index (κ1) is 36.6. The largest absolute Gasteiger partial charge is 0.496 e. The molecule has 2 bridgehead atoms. The molecule has 1 saturated heterocycles. The number of fused-ring (bicyclic) bond motifs is 2. The minimum atomic E-state index is -3.62. The molecule has 51 heavy (non-hydrogen) atoms. The fourth-order valence-electron chi connectivity index (χ4n) is 6.70. The van der Waals surface area contributed by atoms with Gasteiger partial charge in [-0.05, 0) is 52.9 Å². The van der Waals surface area contributed by atoms with Crippen molar-refractivity contribution in [1.29, 1.82) is 0 Å². The SMILES string of the molecule is COc1ccccc1COCCCOc1ccc(C2=C(C(=O)N(C)Cc3ccccc3Cl)[C@H]3CN(S(=O)(=O)Cc4ccccc4)C[C@@H](C2)N3)cc1. The van der Waals surface area contributed by atoms with Crippen LogP contribution in [0.1, 0.15) is 35.1 Å². The van der Waals surface area contributed by atoms with Crippen molar-refractivity contribution in [2.45, 2.75) is 43.8 Å². The Kier molecular flexibility index (Phi) is 12.1. The number of amides is 1. The third kappa shape index (κ3) is 9.19. The van der Waals surface area contributed by atoms with Crippen LogP contribution in [0, 0.1) is 0 Å². The van der Waals surface area contributed by atoms with Crippen molar-refractivity contribution < 1.29 is 27.4 Å². The van der Waals surface area contributed by atoms with Gasteiger partial charge in [0, 0.05) is 55.3 Å². The molecule has 0 unspecified atom stereocenters. The highest BCUT2D eigenvalue weighted by atomic mass is 35.5. The van der Waals surface area contributed by atoms with E-state index in [-0.39, 0.29) is 24.2 Å². The molecule has 2 heterocycles. The van der Waals surface area contributed by atoms with E-state index in [1.165, 1.54) is 0 Å². The summed E-state index contributed by atoms with van der Waals surface area (Å²) in [6.45, 7) is 2.31. The molecule has 6 rings (SSSR count). The average Bonchev–Trinajstić information content (AvgIpc) is 3.14. The summed E-state index contributed by atoms with van der Waals surface area (Å²) in [5.74, 6) is 1.27. The standard InChI is InChI=1S/C40H44ClN3O6S/c1-43(24-31-13-6-8-15-36(31)41)40(45)39-35(23-33-25-44(26-37(39)42-33)51(46,47)28-29-11-4-3-5-12-29)30-17-19-34(20-18-30)50-22-10-21-49-27-32-14-7-9-16-38(32)48-2/h3-9,11-20,33,37,42H,10,21-28H2,1-2H3/t33-,37-/m1/s1. The number of hydrogen-bond donors (Lipinski definition) is 1. The van der Waals surface area contributed by atoms with Crippen molar-refractivity contribution in [2.24, 2.45) is 0 Å². The highest BCUT2D eigenvalue weighted by Crippen LogP contribution is 2.36. The molecule has 4 aromatic rings. The van der Waals surface area contributed by atoms with Crippen molar-refractivity contribution in [2.75, 3.05) is 40.5 Å². The van der Waals surface area contributed by atoms with Crippen LogP contribution in [-0.2, 0) is 38.5 Å². The molecule has 2 aliphatic rings. The zero-order chi connectivity index (χ0) is 35.8. The van der Waals surface area contributed by atoms with Crippen LogP contribution >= 0.6 is 11.6 Å². The number of hydrogen-bond acceptors (Lipinski definition) is 7. The molecule has 1 amide bonds. The number of carbonyl (C=O) groups excluding carboxylic acids is 1. The number of likely N-dealkylation sites (N-methyl/N-ethyl adjacent to an activating group) is 1. The molecular formula is C40H44ClN3O6S. The first-order chi connectivity index (χ1) is 24.7. The molecule has 268 valence electrons. The lowest BCUT2D eigenvalue weighted by Crippen LogP contribution is -2.62. The lowest BCUT2D eigenvalue weighted by molar-refractivity contribution is -0.126. The maximum Gasteiger partial charge on any atom is 0.251 e. The van der Waals surface area contributed by atoms with E-state index in [4.69, 9.17) is 25.8 Å². The van der Waals surface area contributed by atoms with Crippen LogP contribution in [0.5, 0.6) is 11.5 Å². The van der Waals surface area contributed by atoms with Gasteiger partial charge in [-0.1, -0.05) is 90.5 Å². The van der Waals surface area contributed by atoms with E-state index in [0.717, 1.165) is 45.7 Å². The second kappa shape index (κ2) is 16.9. The van der Waals surface area contributed by atoms with E-state index in [2.05, 4.69) is 5.32 Å². The fourth-order valence-corrected chi connectivity index (χ4v) is 8.48. The second-order valence-corrected chi connectivity index (χ2v) is 15.3. The Morgan fingerprint density at radius 2 is 1.61 bits per heavy atom. The van der Waals surface area contributed by atoms with Crippen LogP contribution in [-0.4, -0.2) is 76.1 Å². The monoisotopic (exact) mass is 729 g/mol. The third-order valence-electron chi connectivity index (χ3n) is 9.25. The minimum Gasteiger partial charge on any atom is -0.496 e. The van der Waals surface area contributed by atoms with Gasteiger partial charge in [-0.15, -0.1) is 0 Å². The Bertz CT molecular complexity index is 1940. The molecule has 11 heteroatoms. The van der Waals surface area contributed by atoms with Gasteiger partial charge in [0.1, 0.15) is 11.5 Å². The maximum absolute atomic E-state index is 14.3. The summed E-state index contributed by atoms with van der Waals surface area (Å²) >= 11 is 6.46. The lowest BCUT2D eigenvalue weighted by atomic mass is 9.83. The topological polar surface area (TPSA) is 97.4 Å². The van der Waals surface area contributed by atoms with Crippen LogP contribution in [0.25, 0.3) is 5.57 Å². The van der Waals surface area contributed by atoms with E-state index < -0.39 is 16.1 Å². The molecule has 9 nitrogen and oxygen atoms in total. The quantitative estimate of drug-likeness (QED) is 0.143. The van der Waals surface area contributed by atoms with Crippen LogP contribution in [0.15, 0.2) is 109 Å². The van der Waals surface area contributed by atoms with Gasteiger partial charge in [-0.2, -0.15) is 4.31 Å². The van der Waals surface area contributed by atoms with Crippen molar-refractivity contribution in [3.8, 4) is 11.5 Å². The Hall–Kier alpha value is -4.19. The van der Waals surface area contributed by atoms with E-state index in [1.807, 2.05) is 103 Å². The van der Waals surface area contributed by atoms with Crippen LogP contribution in [0.4, 0.5) is 0 Å². The van der Waals surface area contributed by atoms with Gasteiger partial charge in [0.15, 0.2) is 0 Å². The summed E-state index contributed by atoms with van der Waals surface area (Å²) in [5.41, 5.74) is 4.96. The number of nitrogens with zero attached hydrogens (tertiary/aromatic N) is 2. The average molecular weight is 730 g/mol. The Morgan fingerprint density at radius 1 is 0.902 bits per heavy atom. The highest BCUT2D eigenvalue weighted by molar-refractivity contribution is 7.88. The number of ether oxygens (including phenoxy) is 3. The molecule has 2 atom stereocenters. The first-order valence-corrected chi connectivity index (χ1v) is 19.1. The predicted molar refractivity (Wildman–Crippen MR) is 200 cm³/mol. The summed E-state index contributed by atoms with van der Waals surface area (Å²) in [5, 5.41) is 4.16. The molecule has 0 saturated carbocycles. The summed E-state index contributed by atoms with van der Waals surface area (Å²) in [4.78, 5) is 16.0. The van der Waals surface area contributed by atoms with Crippen LogP contribution in [0.2, 0.25) is 5.02 Å². The lowest BCUT2D eigenvalue weighted by Gasteiger charge is -2.44. The molecule has 0 spiro atoms. The fraction of sp³-hybridized carbons (Fsp3) is 0.325. The maximum atomic E-state index is 14.3. The third-order valence-corrected chi connectivity index (χ3v) is 11.4. The van der Waals surface area contributed by atoms with Crippen molar-refractivity contribution in [3.05, 3.63) is 136 Å². The molecule has 1 N–H and O–H groups in total. The summed E-state index contributed by atoms with van der Waals surface area (Å²) in [6.07, 6.45) is 1.22. The minimum absolute atomic E-state index is 0.0884. The van der Waals surface area contributed by atoms with Gasteiger partial charge in [-0.3, -0.25) is 4.79 Å². The summed E-state index contributed by atoms with van der Waals surface area (Å²) in [7, 11) is -0.217.